The number of rotatable bonds is 13. The largest absolute Gasteiger partial charge is 0.489 e. The number of aryl methyl sites for hydroxylation is 1. The second-order valence-corrected chi connectivity index (χ2v) is 21.5. The van der Waals surface area contributed by atoms with Crippen LogP contribution in [0.5, 0.6) is 5.75 Å². The summed E-state index contributed by atoms with van der Waals surface area (Å²) in [6.07, 6.45) is 0.766. The van der Waals surface area contributed by atoms with Crippen molar-refractivity contribution in [1.82, 2.24) is 30.5 Å². The number of aliphatic hydroxyl groups excluding tert-OH is 1. The standard InChI is InChI=1S/C55H64ClN7O7/c1-33(2)48(46-25-34(3)60-70-46)51(68)63-32-41(64)26-45(63)50(67)58-44(37-11-9-8-10-12-37)28-47(65)61-23-21-40(22-24-61)62-30-36(31-62)14-13-35-15-17-38(18-16-35)49(66)59-52-54(4,5)53(55(52,6)7)69-42-20-19-39(29-57)43(56)27-42/h8-12,15-20,25,27,33,36,40-41,44-45,48,52-53,64H,21-24,26,28,30-32H2,1-7H3,(H,58,67)(H,59,66)/t41-,44+,45+,48-,52?,53?/m1/s1. The number of nitrogens with one attached hydrogen (secondary N) is 2. The van der Waals surface area contributed by atoms with Gasteiger partial charge in [-0.15, -0.1) is 0 Å². The van der Waals surface area contributed by atoms with E-state index in [1.54, 1.807) is 31.2 Å². The van der Waals surface area contributed by atoms with Gasteiger partial charge in [0.25, 0.3) is 5.91 Å². The minimum atomic E-state index is -0.909. The summed E-state index contributed by atoms with van der Waals surface area (Å²) in [6, 6.07) is 24.3. The lowest BCUT2D eigenvalue weighted by molar-refractivity contribution is -0.164. The highest BCUT2D eigenvalue weighted by Crippen LogP contribution is 2.55. The summed E-state index contributed by atoms with van der Waals surface area (Å²) in [7, 11) is 0. The summed E-state index contributed by atoms with van der Waals surface area (Å²) in [6.45, 7) is 16.9. The summed E-state index contributed by atoms with van der Waals surface area (Å²) in [5, 5.41) is 30.6. The molecule has 3 aromatic carbocycles. The smallest absolute Gasteiger partial charge is 0.251 e. The van der Waals surface area contributed by atoms with Gasteiger partial charge in [-0.3, -0.25) is 24.1 Å². The van der Waals surface area contributed by atoms with E-state index < -0.39 is 30.0 Å². The van der Waals surface area contributed by atoms with Gasteiger partial charge in [-0.25, -0.2) is 0 Å². The molecule has 1 aromatic heterocycles. The second kappa shape index (κ2) is 20.6. The van der Waals surface area contributed by atoms with Gasteiger partial charge in [-0.05, 0) is 67.6 Å². The van der Waals surface area contributed by atoms with E-state index in [1.165, 1.54) is 4.90 Å². The molecular weight excluding hydrogens is 906 g/mol. The number of ether oxygens (including phenoxy) is 1. The highest BCUT2D eigenvalue weighted by Gasteiger charge is 2.64. The van der Waals surface area contributed by atoms with Gasteiger partial charge in [0.05, 0.1) is 34.8 Å². The van der Waals surface area contributed by atoms with Gasteiger partial charge in [0.1, 0.15) is 35.6 Å². The van der Waals surface area contributed by atoms with Crippen LogP contribution in [-0.4, -0.2) is 112 Å². The molecule has 0 spiro atoms. The topological polar surface area (TPSA) is 181 Å². The number of piperidine rings is 1. The van der Waals surface area contributed by atoms with Gasteiger partial charge < -0.3 is 34.8 Å². The minimum absolute atomic E-state index is 0.0237. The SMILES string of the molecule is Cc1cc([C@H](C(=O)N2C[C@H](O)C[C@H]2C(=O)N[C@@H](CC(=O)N2CCC(N3CC(C#Cc4ccc(C(=O)NC5C(C)(C)C(Oc6ccc(C#N)c(Cl)c6)C5(C)C)cc4)C3)CC2)c2ccccc2)C(C)C)on1. The Labute approximate surface area is 416 Å². The number of hydrogen-bond acceptors (Lipinski definition) is 10. The van der Waals surface area contributed by atoms with Crippen molar-refractivity contribution in [3.05, 3.63) is 118 Å². The Morgan fingerprint density at radius 3 is 2.26 bits per heavy atom. The van der Waals surface area contributed by atoms with Gasteiger partial charge >= 0.3 is 0 Å². The van der Waals surface area contributed by atoms with Crippen LogP contribution in [0.1, 0.15) is 118 Å². The van der Waals surface area contributed by atoms with Crippen molar-refractivity contribution in [2.75, 3.05) is 32.7 Å². The predicted octanol–water partition coefficient (Wildman–Crippen LogP) is 7.04. The Morgan fingerprint density at radius 1 is 0.957 bits per heavy atom. The molecule has 1 saturated carbocycles. The summed E-state index contributed by atoms with van der Waals surface area (Å²) in [5.41, 5.74) is 2.47. The van der Waals surface area contributed by atoms with Gasteiger partial charge in [-0.2, -0.15) is 5.26 Å². The van der Waals surface area contributed by atoms with Gasteiger partial charge in [-0.1, -0.05) is 100 Å². The maximum absolute atomic E-state index is 14.1. The average Bonchev–Trinajstić information content (AvgIpc) is 3.94. The van der Waals surface area contributed by atoms with E-state index in [0.717, 1.165) is 37.1 Å². The average molecular weight is 971 g/mol. The Morgan fingerprint density at radius 2 is 1.64 bits per heavy atom. The molecule has 0 radical (unpaired) electrons. The monoisotopic (exact) mass is 969 g/mol. The highest BCUT2D eigenvalue weighted by molar-refractivity contribution is 6.31. The number of β-amino-alcohol motifs (C(OH)–C–C–N with tert-alkyl or cyclic N) is 1. The van der Waals surface area contributed by atoms with E-state index in [2.05, 4.69) is 66.3 Å². The van der Waals surface area contributed by atoms with Crippen molar-refractivity contribution in [1.29, 1.82) is 5.26 Å². The van der Waals surface area contributed by atoms with Crippen molar-refractivity contribution in [2.45, 2.75) is 116 Å². The predicted molar refractivity (Wildman–Crippen MR) is 264 cm³/mol. The van der Waals surface area contributed by atoms with Crippen molar-refractivity contribution in [3.8, 4) is 23.7 Å². The Bertz CT molecular complexity index is 2660. The van der Waals surface area contributed by atoms with Crippen molar-refractivity contribution >= 4 is 35.2 Å². The first-order chi connectivity index (χ1) is 33.3. The zero-order chi connectivity index (χ0) is 50.1. The molecule has 3 N–H and O–H groups in total. The number of nitriles is 1. The van der Waals surface area contributed by atoms with Gasteiger partial charge in [0.15, 0.2) is 0 Å². The van der Waals surface area contributed by atoms with E-state index in [0.29, 0.717) is 52.5 Å². The fourth-order valence-corrected chi connectivity index (χ4v) is 11.6. The lowest BCUT2D eigenvalue weighted by atomic mass is 9.49. The second-order valence-electron chi connectivity index (χ2n) is 21.1. The molecular formula is C55H64ClN7O7. The summed E-state index contributed by atoms with van der Waals surface area (Å²) < 4.78 is 11.9. The normalized spacial score (nSPS) is 22.9. The lowest BCUT2D eigenvalue weighted by Crippen LogP contribution is -2.74. The number of amides is 4. The summed E-state index contributed by atoms with van der Waals surface area (Å²) in [4.78, 5) is 61.2. The molecule has 4 aliphatic rings. The third kappa shape index (κ3) is 10.6. The first-order valence-corrected chi connectivity index (χ1v) is 24.8. The molecule has 4 fully saturated rings. The number of nitrogens with zero attached hydrogens (tertiary/aromatic N) is 5. The molecule has 3 saturated heterocycles. The Kier molecular flexibility index (Phi) is 14.8. The third-order valence-electron chi connectivity index (χ3n) is 14.9. The molecule has 0 unspecified atom stereocenters. The zero-order valence-electron chi connectivity index (χ0n) is 41.1. The number of halogens is 1. The maximum Gasteiger partial charge on any atom is 0.251 e. The number of hydrogen-bond donors (Lipinski definition) is 3. The zero-order valence-corrected chi connectivity index (χ0v) is 41.8. The van der Waals surface area contributed by atoms with Crippen LogP contribution in [0.2, 0.25) is 5.02 Å². The quantitative estimate of drug-likeness (QED) is 0.118. The molecule has 4 aromatic rings. The molecule has 8 rings (SSSR count). The van der Waals surface area contributed by atoms with Crippen molar-refractivity contribution in [2.24, 2.45) is 22.7 Å². The number of aliphatic hydroxyl groups is 1. The van der Waals surface area contributed by atoms with E-state index >= 15 is 0 Å². The van der Waals surface area contributed by atoms with Crippen LogP contribution < -0.4 is 15.4 Å². The highest BCUT2D eigenvalue weighted by atomic mass is 35.5. The molecule has 368 valence electrons. The van der Waals surface area contributed by atoms with Gasteiger partial charge in [0.2, 0.25) is 17.7 Å². The molecule has 15 heteroatoms. The lowest BCUT2D eigenvalue weighted by Gasteiger charge is -2.63. The summed E-state index contributed by atoms with van der Waals surface area (Å²) in [5.74, 6) is 6.22. The van der Waals surface area contributed by atoms with Crippen LogP contribution in [0.25, 0.3) is 0 Å². The van der Waals surface area contributed by atoms with Crippen LogP contribution in [0.3, 0.4) is 0 Å². The van der Waals surface area contributed by atoms with E-state index in [9.17, 15) is 29.5 Å². The number of likely N-dealkylation sites (tertiary alicyclic amines) is 3. The molecule has 4 heterocycles. The van der Waals surface area contributed by atoms with E-state index in [1.807, 2.05) is 73.3 Å². The molecule has 0 bridgehead atoms. The maximum atomic E-state index is 14.1. The number of carbonyl (C=O) groups is 4. The van der Waals surface area contributed by atoms with Crippen LogP contribution in [0.15, 0.2) is 83.4 Å². The number of carbonyl (C=O) groups excluding carboxylic acids is 4. The Hall–Kier alpha value is -6.19. The molecule has 70 heavy (non-hydrogen) atoms. The van der Waals surface area contributed by atoms with E-state index in [-0.39, 0.29) is 71.9 Å². The number of aromatic nitrogens is 1. The van der Waals surface area contributed by atoms with Crippen LogP contribution in [0.4, 0.5) is 0 Å². The van der Waals surface area contributed by atoms with Crippen LogP contribution in [-0.2, 0) is 14.4 Å². The van der Waals surface area contributed by atoms with Crippen molar-refractivity contribution in [3.63, 3.8) is 0 Å². The van der Waals surface area contributed by atoms with Crippen molar-refractivity contribution < 1.29 is 33.5 Å². The number of benzene rings is 3. The van der Waals surface area contributed by atoms with Gasteiger partial charge in [0, 0.05) is 91.2 Å². The molecule has 1 aliphatic carbocycles. The summed E-state index contributed by atoms with van der Waals surface area (Å²) >= 11 is 6.26. The molecule has 4 amide bonds. The minimum Gasteiger partial charge on any atom is -0.489 e. The fraction of sp³-hybridized carbons (Fsp3) is 0.491. The molecule has 14 nitrogen and oxygen atoms in total. The first kappa shape index (κ1) is 50.2. The van der Waals surface area contributed by atoms with Crippen LogP contribution >= 0.6 is 11.6 Å². The van der Waals surface area contributed by atoms with E-state index in [4.69, 9.17) is 20.9 Å². The fourth-order valence-electron chi connectivity index (χ4n) is 11.3. The first-order valence-electron chi connectivity index (χ1n) is 24.4. The molecule has 4 atom stereocenters. The van der Waals surface area contributed by atoms with Crippen LogP contribution in [0, 0.1) is 52.8 Å². The third-order valence-corrected chi connectivity index (χ3v) is 15.2. The Balaban J connectivity index is 0.799. The molecule has 3 aliphatic heterocycles.